The third kappa shape index (κ3) is 3.31. The maximum absolute atomic E-state index is 12.1. The number of ether oxygens (including phenoxy) is 1. The van der Waals surface area contributed by atoms with Crippen LogP contribution in [0.25, 0.3) is 0 Å². The molecule has 0 N–H and O–H groups in total. The van der Waals surface area contributed by atoms with Gasteiger partial charge in [0, 0.05) is 27.2 Å². The molecule has 0 aromatic rings. The quantitative estimate of drug-likeness (QED) is 0.428. The van der Waals surface area contributed by atoms with Crippen LogP contribution < -0.4 is 0 Å². The van der Waals surface area contributed by atoms with E-state index >= 15 is 0 Å². The molecular formula is C10H20NO6P. The smallest absolute Gasteiger partial charge is 0.364 e. The molecule has 7 nitrogen and oxygen atoms in total. The van der Waals surface area contributed by atoms with Crippen molar-refractivity contribution in [2.75, 3.05) is 27.9 Å². The summed E-state index contributed by atoms with van der Waals surface area (Å²) >= 11 is 0. The Labute approximate surface area is 107 Å². The maximum atomic E-state index is 12.1. The van der Waals surface area contributed by atoms with Crippen molar-refractivity contribution in [3.05, 3.63) is 0 Å². The third-order valence-corrected chi connectivity index (χ3v) is 4.51. The van der Waals surface area contributed by atoms with Gasteiger partial charge in [-0.25, -0.2) is 4.79 Å². The molecule has 1 saturated heterocycles. The lowest BCUT2D eigenvalue weighted by atomic mass is 10.2. The van der Waals surface area contributed by atoms with Crippen molar-refractivity contribution in [3.8, 4) is 0 Å². The van der Waals surface area contributed by atoms with Gasteiger partial charge in [-0.05, 0) is 0 Å². The van der Waals surface area contributed by atoms with Crippen molar-refractivity contribution in [3.63, 3.8) is 0 Å². The fraction of sp³-hybridized carbons (Fsp3) is 0.800. The molecule has 1 heterocycles. The molecule has 1 unspecified atom stereocenters. The Balaban J connectivity index is 0.00000137. The SMILES string of the molecule is CC.COC(=O)C(N1CCC1=O)P(=O)(OC)OC. The zero-order chi connectivity index (χ0) is 14.3. The minimum atomic E-state index is -3.69. The van der Waals surface area contributed by atoms with Gasteiger partial charge >= 0.3 is 13.6 Å². The number of carbonyl (C=O) groups is 2. The highest BCUT2D eigenvalue weighted by Crippen LogP contribution is 2.54. The molecule has 1 rings (SSSR count). The average Bonchev–Trinajstić information content (AvgIpc) is 2.43. The Morgan fingerprint density at radius 1 is 1.28 bits per heavy atom. The second kappa shape index (κ2) is 7.51. The Kier molecular flexibility index (Phi) is 7.13. The largest absolute Gasteiger partial charge is 0.467 e. The van der Waals surface area contributed by atoms with Gasteiger partial charge in [-0.15, -0.1) is 0 Å². The molecule has 1 aliphatic heterocycles. The lowest BCUT2D eigenvalue weighted by molar-refractivity contribution is -0.155. The van der Waals surface area contributed by atoms with E-state index in [1.165, 1.54) is 0 Å². The van der Waals surface area contributed by atoms with E-state index in [0.717, 1.165) is 26.2 Å². The summed E-state index contributed by atoms with van der Waals surface area (Å²) in [6, 6.07) is 0. The van der Waals surface area contributed by atoms with Gasteiger partial charge in [-0.1, -0.05) is 13.8 Å². The monoisotopic (exact) mass is 281 g/mol. The van der Waals surface area contributed by atoms with E-state index in [2.05, 4.69) is 4.74 Å². The number of carbonyl (C=O) groups excluding carboxylic acids is 2. The van der Waals surface area contributed by atoms with Gasteiger partial charge in [0.1, 0.15) is 0 Å². The minimum absolute atomic E-state index is 0.273. The molecule has 0 bridgehead atoms. The molecule has 8 heteroatoms. The molecule has 0 aromatic heterocycles. The second-order valence-electron chi connectivity index (χ2n) is 3.14. The van der Waals surface area contributed by atoms with Crippen molar-refractivity contribution in [2.45, 2.75) is 26.1 Å². The van der Waals surface area contributed by atoms with Crippen LogP contribution in [-0.4, -0.2) is 50.4 Å². The van der Waals surface area contributed by atoms with Crippen LogP contribution in [-0.2, 0) is 27.9 Å². The predicted molar refractivity (Wildman–Crippen MR) is 65.1 cm³/mol. The van der Waals surface area contributed by atoms with Gasteiger partial charge < -0.3 is 18.7 Å². The first kappa shape index (κ1) is 17.1. The molecule has 0 saturated carbocycles. The number of nitrogens with zero attached hydrogens (tertiary/aromatic N) is 1. The molecule has 0 aliphatic carbocycles. The fourth-order valence-corrected chi connectivity index (χ4v) is 2.90. The number of likely N-dealkylation sites (tertiary alicyclic amines) is 1. The maximum Gasteiger partial charge on any atom is 0.364 e. The molecule has 18 heavy (non-hydrogen) atoms. The van der Waals surface area contributed by atoms with E-state index in [9.17, 15) is 14.2 Å². The number of esters is 1. The van der Waals surface area contributed by atoms with E-state index in [1.54, 1.807) is 0 Å². The first-order valence-corrected chi connectivity index (χ1v) is 7.20. The topological polar surface area (TPSA) is 82.1 Å². The number of methoxy groups -OCH3 is 1. The van der Waals surface area contributed by atoms with Crippen molar-refractivity contribution >= 4 is 19.5 Å². The highest BCUT2D eigenvalue weighted by molar-refractivity contribution is 7.55. The minimum Gasteiger partial charge on any atom is -0.467 e. The first-order chi connectivity index (χ1) is 8.50. The van der Waals surface area contributed by atoms with E-state index in [-0.39, 0.29) is 5.91 Å². The molecule has 106 valence electrons. The number of hydrogen-bond donors (Lipinski definition) is 0. The fourth-order valence-electron chi connectivity index (χ4n) is 1.40. The number of rotatable bonds is 5. The normalized spacial score (nSPS) is 16.3. The Morgan fingerprint density at radius 2 is 1.78 bits per heavy atom. The van der Waals surface area contributed by atoms with Crippen molar-refractivity contribution in [1.82, 2.24) is 4.90 Å². The first-order valence-electron chi connectivity index (χ1n) is 5.58. The Hall–Kier alpha value is -0.910. The third-order valence-electron chi connectivity index (χ3n) is 2.40. The van der Waals surface area contributed by atoms with Crippen LogP contribution in [0.3, 0.4) is 0 Å². The zero-order valence-electron chi connectivity index (χ0n) is 11.3. The molecular weight excluding hydrogens is 261 g/mol. The zero-order valence-corrected chi connectivity index (χ0v) is 12.2. The summed E-state index contributed by atoms with van der Waals surface area (Å²) in [5, 5.41) is 0. The summed E-state index contributed by atoms with van der Waals surface area (Å²) in [6.07, 6.45) is 0.320. The number of β-lactam (4-membered cyclic amide) rings is 1. The van der Waals surface area contributed by atoms with Crippen molar-refractivity contribution in [2.24, 2.45) is 0 Å². The van der Waals surface area contributed by atoms with Gasteiger partial charge in [0.25, 0.3) is 0 Å². The number of hydrogen-bond acceptors (Lipinski definition) is 6. The molecule has 1 atom stereocenters. The van der Waals surface area contributed by atoms with E-state index in [1.807, 2.05) is 13.8 Å². The van der Waals surface area contributed by atoms with Crippen LogP contribution in [0, 0.1) is 0 Å². The van der Waals surface area contributed by atoms with Crippen LogP contribution in [0.2, 0.25) is 0 Å². The highest BCUT2D eigenvalue weighted by atomic mass is 31.2. The van der Waals surface area contributed by atoms with Crippen LogP contribution in [0.15, 0.2) is 0 Å². The lowest BCUT2D eigenvalue weighted by Gasteiger charge is -2.38. The predicted octanol–water partition coefficient (Wildman–Crippen LogP) is 1.23. The van der Waals surface area contributed by atoms with Gasteiger partial charge in [0.05, 0.1) is 7.11 Å². The van der Waals surface area contributed by atoms with Crippen molar-refractivity contribution in [1.29, 1.82) is 0 Å². The molecule has 1 fully saturated rings. The summed E-state index contributed by atoms with van der Waals surface area (Å²) in [4.78, 5) is 23.9. The number of amides is 1. The lowest BCUT2D eigenvalue weighted by Crippen LogP contribution is -2.53. The second-order valence-corrected chi connectivity index (χ2v) is 5.44. The van der Waals surface area contributed by atoms with Crippen LogP contribution in [0.5, 0.6) is 0 Å². The van der Waals surface area contributed by atoms with Crippen molar-refractivity contribution < 1.29 is 27.9 Å². The summed E-state index contributed by atoms with van der Waals surface area (Å²) in [5.41, 5.74) is 0. The average molecular weight is 281 g/mol. The molecule has 0 spiro atoms. The molecule has 0 aromatic carbocycles. The standard InChI is InChI=1S/C8H14NO6P.C2H6/c1-13-8(11)7(9-5-4-6(9)10)16(12,14-2)15-3;1-2/h7H,4-5H2,1-3H3;1-2H3. The van der Waals surface area contributed by atoms with Gasteiger partial charge in [-0.3, -0.25) is 9.36 Å². The van der Waals surface area contributed by atoms with E-state index < -0.39 is 19.3 Å². The Bertz CT molecular complexity index is 337. The van der Waals surface area contributed by atoms with Gasteiger partial charge in [0.2, 0.25) is 11.7 Å². The van der Waals surface area contributed by atoms with E-state index in [0.29, 0.717) is 13.0 Å². The van der Waals surface area contributed by atoms with Crippen LogP contribution in [0.1, 0.15) is 20.3 Å². The summed E-state index contributed by atoms with van der Waals surface area (Å²) in [5.74, 6) is -2.39. The summed E-state index contributed by atoms with van der Waals surface area (Å²) in [6.45, 7) is 4.34. The molecule has 0 radical (unpaired) electrons. The van der Waals surface area contributed by atoms with E-state index in [4.69, 9.17) is 9.05 Å². The van der Waals surface area contributed by atoms with Crippen LogP contribution >= 0.6 is 7.60 Å². The molecule has 1 aliphatic rings. The van der Waals surface area contributed by atoms with Gasteiger partial charge in [0.15, 0.2) is 0 Å². The summed E-state index contributed by atoms with van der Waals surface area (Å²) in [7, 11) is -0.230. The van der Waals surface area contributed by atoms with Gasteiger partial charge in [-0.2, -0.15) is 0 Å². The summed E-state index contributed by atoms with van der Waals surface area (Å²) < 4.78 is 26.0. The van der Waals surface area contributed by atoms with Crippen LogP contribution in [0.4, 0.5) is 0 Å². The Morgan fingerprint density at radius 3 is 2.00 bits per heavy atom. The molecule has 1 amide bonds. The highest BCUT2D eigenvalue weighted by Gasteiger charge is 2.49.